The van der Waals surface area contributed by atoms with E-state index in [9.17, 15) is 4.39 Å². The van der Waals surface area contributed by atoms with E-state index in [-0.39, 0.29) is 11.4 Å². The molecular formula is C39H51F3. The van der Waals surface area contributed by atoms with Crippen LogP contribution in [0, 0.1) is 23.4 Å². The summed E-state index contributed by atoms with van der Waals surface area (Å²) in [7, 11) is 0. The van der Waals surface area contributed by atoms with Crippen LogP contribution in [0.5, 0.6) is 0 Å². The van der Waals surface area contributed by atoms with Gasteiger partial charge >= 0.3 is 0 Å². The van der Waals surface area contributed by atoms with Gasteiger partial charge in [0.1, 0.15) is 5.82 Å². The summed E-state index contributed by atoms with van der Waals surface area (Å²) >= 11 is 0. The standard InChI is InChI=1S/C39H51F3/c1-3-5-7-9-11-13-15-33-24-27-36(39(42)38(33)41)32-22-20-31(21-23-32)35-26-25-34(28-37(35)40)30-18-16-29(17-19-30)14-12-10-8-6-4-2/h20-30H,3-19H2,1-2H3. The van der Waals surface area contributed by atoms with Gasteiger partial charge in [-0.1, -0.05) is 133 Å². The number of benzene rings is 3. The summed E-state index contributed by atoms with van der Waals surface area (Å²) in [6.45, 7) is 4.44. The Morgan fingerprint density at radius 3 is 1.79 bits per heavy atom. The van der Waals surface area contributed by atoms with Gasteiger partial charge in [0.25, 0.3) is 0 Å². The van der Waals surface area contributed by atoms with Gasteiger partial charge in [-0.3, -0.25) is 0 Å². The molecule has 0 unspecified atom stereocenters. The van der Waals surface area contributed by atoms with E-state index in [4.69, 9.17) is 0 Å². The first-order valence-corrected chi connectivity index (χ1v) is 16.9. The molecule has 0 nitrogen and oxygen atoms in total. The Morgan fingerprint density at radius 2 is 1.14 bits per heavy atom. The molecular weight excluding hydrogens is 525 g/mol. The van der Waals surface area contributed by atoms with E-state index >= 15 is 8.78 Å². The van der Waals surface area contributed by atoms with Crippen LogP contribution in [0.2, 0.25) is 0 Å². The molecule has 3 aromatic carbocycles. The molecule has 42 heavy (non-hydrogen) atoms. The van der Waals surface area contributed by atoms with Crippen molar-refractivity contribution in [1.29, 1.82) is 0 Å². The van der Waals surface area contributed by atoms with Crippen molar-refractivity contribution >= 4 is 0 Å². The summed E-state index contributed by atoms with van der Waals surface area (Å²) in [6.07, 6.45) is 20.1. The molecule has 0 heterocycles. The molecule has 0 aliphatic heterocycles. The SMILES string of the molecule is CCCCCCCCc1ccc(-c2ccc(-c3ccc(C4CCC(CCCCCCC)CC4)cc3F)cc2)c(F)c1F. The van der Waals surface area contributed by atoms with Gasteiger partial charge in [0.05, 0.1) is 0 Å². The van der Waals surface area contributed by atoms with Crippen molar-refractivity contribution in [3.8, 4) is 22.3 Å². The highest BCUT2D eigenvalue weighted by atomic mass is 19.2. The molecule has 0 saturated heterocycles. The number of unbranched alkanes of at least 4 members (excludes halogenated alkanes) is 9. The first-order valence-electron chi connectivity index (χ1n) is 16.9. The van der Waals surface area contributed by atoms with Gasteiger partial charge in [-0.05, 0) is 78.7 Å². The third-order valence-electron chi connectivity index (χ3n) is 9.50. The Bertz CT molecular complexity index is 1220. The Hall–Kier alpha value is -2.55. The van der Waals surface area contributed by atoms with Gasteiger partial charge in [0.15, 0.2) is 11.6 Å². The highest BCUT2D eigenvalue weighted by molar-refractivity contribution is 5.71. The Kier molecular flexibility index (Phi) is 13.0. The Morgan fingerprint density at radius 1 is 0.571 bits per heavy atom. The summed E-state index contributed by atoms with van der Waals surface area (Å²) in [6, 6.07) is 16.2. The Labute approximate surface area is 253 Å². The zero-order valence-electron chi connectivity index (χ0n) is 26.0. The zero-order chi connectivity index (χ0) is 29.7. The molecule has 4 rings (SSSR count). The van der Waals surface area contributed by atoms with E-state index in [1.165, 1.54) is 70.6 Å². The predicted octanol–water partition coefficient (Wildman–Crippen LogP) is 13.0. The van der Waals surface area contributed by atoms with Crippen molar-refractivity contribution < 1.29 is 13.2 Å². The minimum absolute atomic E-state index is 0.213. The van der Waals surface area contributed by atoms with Gasteiger partial charge < -0.3 is 0 Å². The van der Waals surface area contributed by atoms with Gasteiger partial charge in [0.2, 0.25) is 0 Å². The topological polar surface area (TPSA) is 0 Å². The van der Waals surface area contributed by atoms with Crippen LogP contribution in [-0.2, 0) is 6.42 Å². The largest absolute Gasteiger partial charge is 0.206 e. The van der Waals surface area contributed by atoms with Crippen molar-refractivity contribution in [2.24, 2.45) is 5.92 Å². The van der Waals surface area contributed by atoms with Crippen molar-refractivity contribution in [2.45, 2.75) is 129 Å². The van der Waals surface area contributed by atoms with Crippen LogP contribution in [0.25, 0.3) is 22.3 Å². The zero-order valence-corrected chi connectivity index (χ0v) is 26.0. The van der Waals surface area contributed by atoms with Crippen molar-refractivity contribution in [1.82, 2.24) is 0 Å². The lowest BCUT2D eigenvalue weighted by Crippen LogP contribution is -2.13. The van der Waals surface area contributed by atoms with Crippen molar-refractivity contribution in [2.75, 3.05) is 0 Å². The number of hydrogen-bond acceptors (Lipinski definition) is 0. The lowest BCUT2D eigenvalue weighted by molar-refractivity contribution is 0.301. The Balaban J connectivity index is 1.33. The fourth-order valence-corrected chi connectivity index (χ4v) is 6.77. The molecule has 0 bridgehead atoms. The highest BCUT2D eigenvalue weighted by Gasteiger charge is 2.23. The van der Waals surface area contributed by atoms with Crippen molar-refractivity contribution in [3.63, 3.8) is 0 Å². The molecule has 3 aromatic rings. The molecule has 0 spiro atoms. The van der Waals surface area contributed by atoms with E-state index in [1.807, 2.05) is 6.07 Å². The molecule has 1 saturated carbocycles. The molecule has 0 amide bonds. The fraction of sp³-hybridized carbons (Fsp3) is 0.538. The third kappa shape index (κ3) is 8.98. The molecule has 228 valence electrons. The van der Waals surface area contributed by atoms with Gasteiger partial charge in [-0.2, -0.15) is 0 Å². The lowest BCUT2D eigenvalue weighted by Gasteiger charge is -2.29. The number of hydrogen-bond donors (Lipinski definition) is 0. The average Bonchev–Trinajstić information content (AvgIpc) is 3.01. The smallest absolute Gasteiger partial charge is 0.166 e. The summed E-state index contributed by atoms with van der Waals surface area (Å²) in [4.78, 5) is 0. The number of rotatable bonds is 16. The van der Waals surface area contributed by atoms with Crippen LogP contribution in [0.3, 0.4) is 0 Å². The van der Waals surface area contributed by atoms with Gasteiger partial charge in [-0.25, -0.2) is 13.2 Å². The molecule has 0 radical (unpaired) electrons. The summed E-state index contributed by atoms with van der Waals surface area (Å²) in [5.41, 5.74) is 3.69. The lowest BCUT2D eigenvalue weighted by atomic mass is 9.77. The first-order chi connectivity index (χ1) is 20.5. The molecule has 1 aliphatic carbocycles. The maximum absolute atomic E-state index is 15.3. The molecule has 0 aromatic heterocycles. The molecule has 0 atom stereocenters. The van der Waals surface area contributed by atoms with Gasteiger partial charge in [0, 0.05) is 11.1 Å². The van der Waals surface area contributed by atoms with E-state index < -0.39 is 11.6 Å². The minimum atomic E-state index is -0.798. The van der Waals surface area contributed by atoms with Crippen LogP contribution in [0.1, 0.15) is 134 Å². The van der Waals surface area contributed by atoms with Crippen LogP contribution >= 0.6 is 0 Å². The predicted molar refractivity (Wildman–Crippen MR) is 172 cm³/mol. The second kappa shape index (κ2) is 16.9. The second-order valence-electron chi connectivity index (χ2n) is 12.7. The number of halogens is 3. The van der Waals surface area contributed by atoms with E-state index in [0.717, 1.165) is 49.1 Å². The van der Waals surface area contributed by atoms with Gasteiger partial charge in [-0.15, -0.1) is 0 Å². The second-order valence-corrected chi connectivity index (χ2v) is 12.7. The fourth-order valence-electron chi connectivity index (χ4n) is 6.77. The van der Waals surface area contributed by atoms with E-state index in [0.29, 0.717) is 29.0 Å². The van der Waals surface area contributed by atoms with Crippen molar-refractivity contribution in [3.05, 3.63) is 83.2 Å². The monoisotopic (exact) mass is 576 g/mol. The molecule has 0 N–H and O–H groups in total. The average molecular weight is 577 g/mol. The minimum Gasteiger partial charge on any atom is -0.206 e. The highest BCUT2D eigenvalue weighted by Crippen LogP contribution is 2.39. The van der Waals surface area contributed by atoms with E-state index in [2.05, 4.69) is 19.9 Å². The molecule has 1 fully saturated rings. The maximum atomic E-state index is 15.3. The summed E-state index contributed by atoms with van der Waals surface area (Å²) in [5.74, 6) is -0.482. The van der Waals surface area contributed by atoms with Crippen LogP contribution < -0.4 is 0 Å². The summed E-state index contributed by atoms with van der Waals surface area (Å²) < 4.78 is 45.2. The molecule has 1 aliphatic rings. The normalized spacial score (nSPS) is 17.1. The first kappa shape index (κ1) is 32.4. The maximum Gasteiger partial charge on any atom is 0.166 e. The quantitative estimate of drug-likeness (QED) is 0.149. The molecule has 3 heteroatoms. The van der Waals surface area contributed by atoms with Crippen LogP contribution in [0.15, 0.2) is 54.6 Å². The number of aryl methyl sites for hydroxylation is 1. The van der Waals surface area contributed by atoms with Crippen LogP contribution in [0.4, 0.5) is 13.2 Å². The van der Waals surface area contributed by atoms with Crippen LogP contribution in [-0.4, -0.2) is 0 Å². The summed E-state index contributed by atoms with van der Waals surface area (Å²) in [5, 5.41) is 0. The third-order valence-corrected chi connectivity index (χ3v) is 9.50. The van der Waals surface area contributed by atoms with E-state index in [1.54, 1.807) is 42.5 Å².